The van der Waals surface area contributed by atoms with Crippen molar-refractivity contribution < 1.29 is 0 Å². The fourth-order valence-electron chi connectivity index (χ4n) is 7.14. The molecule has 146 valence electrons. The number of hydrogen-bond donors (Lipinski definition) is 1. The Morgan fingerprint density at radius 2 is 1.21 bits per heavy atom. The van der Waals surface area contributed by atoms with E-state index in [0.29, 0.717) is 5.41 Å². The molecule has 7 rings (SSSR count). The van der Waals surface area contributed by atoms with Crippen LogP contribution in [0.25, 0.3) is 22.3 Å². The van der Waals surface area contributed by atoms with Gasteiger partial charge in [0, 0.05) is 5.69 Å². The lowest BCUT2D eigenvalue weighted by Gasteiger charge is -2.57. The zero-order chi connectivity index (χ0) is 19.4. The molecule has 4 fully saturated rings. The van der Waals surface area contributed by atoms with Gasteiger partial charge in [-0.15, -0.1) is 0 Å². The Balaban J connectivity index is 1.38. The summed E-state index contributed by atoms with van der Waals surface area (Å²) in [6, 6.07) is 26.5. The molecule has 29 heavy (non-hydrogen) atoms. The molecule has 4 aliphatic carbocycles. The van der Waals surface area contributed by atoms with Crippen molar-refractivity contribution >= 4 is 5.69 Å². The maximum atomic E-state index is 6.18. The first-order valence-electron chi connectivity index (χ1n) is 11.2. The molecule has 2 N–H and O–H groups in total. The SMILES string of the molecule is Nc1ccc(-c2ccccc2)c(-c2ccc(C34CC5CC(CC(C5)C3)C4)cc2)c1. The van der Waals surface area contributed by atoms with Gasteiger partial charge in [0.25, 0.3) is 0 Å². The molecule has 4 bridgehead atoms. The lowest BCUT2D eigenvalue weighted by Crippen LogP contribution is -2.48. The first kappa shape index (κ1) is 17.3. The van der Waals surface area contributed by atoms with E-state index in [0.717, 1.165) is 23.4 Å². The zero-order valence-electron chi connectivity index (χ0n) is 17.0. The standard InChI is InChI=1S/C28H29N/c29-25-10-11-26(22-4-2-1-3-5-22)27(15-25)23-6-8-24(9-7-23)28-16-19-12-20(17-28)14-21(13-19)18-28/h1-11,15,19-21H,12-14,16-18,29H2. The molecule has 0 amide bonds. The van der Waals surface area contributed by atoms with Gasteiger partial charge in [-0.2, -0.15) is 0 Å². The summed E-state index contributed by atoms with van der Waals surface area (Å²) < 4.78 is 0. The molecule has 1 heteroatoms. The highest BCUT2D eigenvalue weighted by molar-refractivity contribution is 5.85. The molecule has 0 aliphatic heterocycles. The van der Waals surface area contributed by atoms with E-state index in [9.17, 15) is 0 Å². The van der Waals surface area contributed by atoms with Crippen LogP contribution in [0.1, 0.15) is 44.1 Å². The van der Waals surface area contributed by atoms with Crippen LogP contribution in [0.4, 0.5) is 5.69 Å². The second-order valence-electron chi connectivity index (χ2n) is 9.95. The van der Waals surface area contributed by atoms with Crippen LogP contribution >= 0.6 is 0 Å². The summed E-state index contributed by atoms with van der Waals surface area (Å²) in [6.45, 7) is 0. The normalized spacial score (nSPS) is 29.9. The Morgan fingerprint density at radius 1 is 0.621 bits per heavy atom. The molecule has 3 aromatic carbocycles. The van der Waals surface area contributed by atoms with Gasteiger partial charge in [-0.05, 0) is 102 Å². The van der Waals surface area contributed by atoms with Gasteiger partial charge in [-0.1, -0.05) is 60.7 Å². The van der Waals surface area contributed by atoms with E-state index in [1.807, 2.05) is 6.07 Å². The van der Waals surface area contributed by atoms with Crippen molar-refractivity contribution in [3.05, 3.63) is 78.4 Å². The van der Waals surface area contributed by atoms with Gasteiger partial charge in [-0.25, -0.2) is 0 Å². The zero-order valence-corrected chi connectivity index (χ0v) is 17.0. The van der Waals surface area contributed by atoms with Gasteiger partial charge in [-0.3, -0.25) is 0 Å². The Hall–Kier alpha value is -2.54. The first-order valence-corrected chi connectivity index (χ1v) is 11.2. The maximum Gasteiger partial charge on any atom is 0.0320 e. The van der Waals surface area contributed by atoms with Crippen LogP contribution in [-0.4, -0.2) is 0 Å². The minimum Gasteiger partial charge on any atom is -0.399 e. The molecule has 0 spiro atoms. The fourth-order valence-corrected chi connectivity index (χ4v) is 7.14. The molecule has 4 aliphatic rings. The first-order chi connectivity index (χ1) is 14.2. The predicted octanol–water partition coefficient (Wildman–Crippen LogP) is 7.07. The van der Waals surface area contributed by atoms with E-state index in [4.69, 9.17) is 5.73 Å². The molecule has 0 aromatic heterocycles. The van der Waals surface area contributed by atoms with E-state index >= 15 is 0 Å². The van der Waals surface area contributed by atoms with Crippen LogP contribution in [0, 0.1) is 17.8 Å². The smallest absolute Gasteiger partial charge is 0.0320 e. The molecule has 0 unspecified atom stereocenters. The number of nitrogen functional groups attached to an aromatic ring is 1. The predicted molar refractivity (Wildman–Crippen MR) is 122 cm³/mol. The van der Waals surface area contributed by atoms with Gasteiger partial charge >= 0.3 is 0 Å². The highest BCUT2D eigenvalue weighted by Crippen LogP contribution is 2.60. The van der Waals surface area contributed by atoms with Gasteiger partial charge in [0.1, 0.15) is 0 Å². The highest BCUT2D eigenvalue weighted by atomic mass is 14.6. The Morgan fingerprint density at radius 3 is 1.83 bits per heavy atom. The van der Waals surface area contributed by atoms with Crippen molar-refractivity contribution in [2.45, 2.75) is 43.9 Å². The second-order valence-corrected chi connectivity index (χ2v) is 9.95. The maximum absolute atomic E-state index is 6.18. The molecule has 0 radical (unpaired) electrons. The number of benzene rings is 3. The molecule has 4 saturated carbocycles. The third-order valence-corrected chi connectivity index (χ3v) is 7.97. The Kier molecular flexibility index (Phi) is 3.88. The minimum atomic E-state index is 0.464. The molecule has 3 aromatic rings. The van der Waals surface area contributed by atoms with Crippen molar-refractivity contribution in [2.24, 2.45) is 17.8 Å². The van der Waals surface area contributed by atoms with Crippen LogP contribution in [0.3, 0.4) is 0 Å². The molecule has 0 atom stereocenters. The Labute approximate surface area is 174 Å². The van der Waals surface area contributed by atoms with E-state index in [1.54, 1.807) is 5.56 Å². The molecular formula is C28H29N. The monoisotopic (exact) mass is 379 g/mol. The van der Waals surface area contributed by atoms with Crippen LogP contribution in [0.2, 0.25) is 0 Å². The summed E-state index contributed by atoms with van der Waals surface area (Å²) in [4.78, 5) is 0. The van der Waals surface area contributed by atoms with Crippen LogP contribution in [0.5, 0.6) is 0 Å². The highest BCUT2D eigenvalue weighted by Gasteiger charge is 2.51. The second kappa shape index (κ2) is 6.49. The third kappa shape index (κ3) is 2.90. The summed E-state index contributed by atoms with van der Waals surface area (Å²) in [6.07, 6.45) is 8.77. The third-order valence-electron chi connectivity index (χ3n) is 7.97. The van der Waals surface area contributed by atoms with Crippen LogP contribution in [-0.2, 0) is 5.41 Å². The number of nitrogens with two attached hydrogens (primary N) is 1. The van der Waals surface area contributed by atoms with Crippen molar-refractivity contribution in [3.63, 3.8) is 0 Å². The Bertz CT molecular complexity index is 996. The number of anilines is 1. The van der Waals surface area contributed by atoms with Crippen LogP contribution < -0.4 is 5.73 Å². The van der Waals surface area contributed by atoms with E-state index in [1.165, 1.54) is 60.8 Å². The van der Waals surface area contributed by atoms with Gasteiger partial charge in [0.05, 0.1) is 0 Å². The molecular weight excluding hydrogens is 350 g/mol. The summed E-state index contributed by atoms with van der Waals surface area (Å²) in [5.41, 5.74) is 14.0. The summed E-state index contributed by atoms with van der Waals surface area (Å²) in [5, 5.41) is 0. The summed E-state index contributed by atoms with van der Waals surface area (Å²) >= 11 is 0. The minimum absolute atomic E-state index is 0.464. The molecule has 0 heterocycles. The average Bonchev–Trinajstić information content (AvgIpc) is 2.73. The quantitative estimate of drug-likeness (QED) is 0.484. The van der Waals surface area contributed by atoms with Gasteiger partial charge in [0.2, 0.25) is 0 Å². The van der Waals surface area contributed by atoms with E-state index in [2.05, 4.69) is 66.7 Å². The van der Waals surface area contributed by atoms with Crippen molar-refractivity contribution in [1.29, 1.82) is 0 Å². The van der Waals surface area contributed by atoms with E-state index < -0.39 is 0 Å². The molecule has 0 saturated heterocycles. The fraction of sp³-hybridized carbons (Fsp3) is 0.357. The van der Waals surface area contributed by atoms with Gasteiger partial charge < -0.3 is 5.73 Å². The lowest BCUT2D eigenvalue weighted by molar-refractivity contribution is -0.00518. The number of hydrogen-bond acceptors (Lipinski definition) is 1. The van der Waals surface area contributed by atoms with Crippen molar-refractivity contribution in [1.82, 2.24) is 0 Å². The topological polar surface area (TPSA) is 26.0 Å². The van der Waals surface area contributed by atoms with E-state index in [-0.39, 0.29) is 0 Å². The van der Waals surface area contributed by atoms with Crippen molar-refractivity contribution in [3.8, 4) is 22.3 Å². The number of rotatable bonds is 3. The van der Waals surface area contributed by atoms with Crippen LogP contribution in [0.15, 0.2) is 72.8 Å². The van der Waals surface area contributed by atoms with Gasteiger partial charge in [0.15, 0.2) is 0 Å². The largest absolute Gasteiger partial charge is 0.399 e. The molecule has 1 nitrogen and oxygen atoms in total. The summed E-state index contributed by atoms with van der Waals surface area (Å²) in [5.74, 6) is 2.96. The summed E-state index contributed by atoms with van der Waals surface area (Å²) in [7, 11) is 0. The average molecular weight is 380 g/mol. The van der Waals surface area contributed by atoms with Crippen molar-refractivity contribution in [2.75, 3.05) is 5.73 Å². The lowest BCUT2D eigenvalue weighted by atomic mass is 9.48.